The van der Waals surface area contributed by atoms with E-state index in [-0.39, 0.29) is 17.7 Å². The van der Waals surface area contributed by atoms with Gasteiger partial charge in [0.25, 0.3) is 0 Å². The summed E-state index contributed by atoms with van der Waals surface area (Å²) in [6, 6.07) is 9.63. The molecule has 1 unspecified atom stereocenters. The first kappa shape index (κ1) is 19.8. The lowest BCUT2D eigenvalue weighted by molar-refractivity contribution is -0.135. The van der Waals surface area contributed by atoms with Gasteiger partial charge in [-0.1, -0.05) is 30.3 Å². The number of aryl methyl sites for hydroxylation is 1. The molecule has 1 atom stereocenters. The van der Waals surface area contributed by atoms with Crippen molar-refractivity contribution in [1.82, 2.24) is 9.80 Å². The fourth-order valence-electron chi connectivity index (χ4n) is 3.93. The SMILES string of the molecule is NC(C(=O)N1CCCN(C(=O)CCc2ccccc2)CC1)C1CCOCC1. The predicted octanol–water partition coefficient (Wildman–Crippen LogP) is 1.43. The average molecular weight is 373 g/mol. The average Bonchev–Trinajstić information content (AvgIpc) is 2.98. The van der Waals surface area contributed by atoms with Crippen molar-refractivity contribution < 1.29 is 14.3 Å². The third-order valence-electron chi connectivity index (χ3n) is 5.69. The van der Waals surface area contributed by atoms with Crippen LogP contribution in [-0.4, -0.2) is 67.0 Å². The van der Waals surface area contributed by atoms with E-state index in [4.69, 9.17) is 10.5 Å². The van der Waals surface area contributed by atoms with Gasteiger partial charge in [0, 0.05) is 45.8 Å². The van der Waals surface area contributed by atoms with Crippen LogP contribution in [0.3, 0.4) is 0 Å². The van der Waals surface area contributed by atoms with Gasteiger partial charge in [0.1, 0.15) is 0 Å². The Morgan fingerprint density at radius 1 is 1.04 bits per heavy atom. The number of amides is 2. The summed E-state index contributed by atoms with van der Waals surface area (Å²) in [6.45, 7) is 3.94. The molecule has 6 heteroatoms. The molecule has 2 N–H and O–H groups in total. The predicted molar refractivity (Wildman–Crippen MR) is 104 cm³/mol. The Morgan fingerprint density at radius 2 is 1.70 bits per heavy atom. The number of nitrogens with two attached hydrogens (primary N) is 1. The number of hydrogen-bond acceptors (Lipinski definition) is 4. The van der Waals surface area contributed by atoms with Crippen LogP contribution in [0.25, 0.3) is 0 Å². The molecule has 6 nitrogen and oxygen atoms in total. The van der Waals surface area contributed by atoms with Crippen LogP contribution < -0.4 is 5.73 Å². The number of carbonyl (C=O) groups excluding carboxylic acids is 2. The van der Waals surface area contributed by atoms with Gasteiger partial charge >= 0.3 is 0 Å². The van der Waals surface area contributed by atoms with Crippen LogP contribution in [0.5, 0.6) is 0 Å². The number of nitrogens with zero attached hydrogens (tertiary/aromatic N) is 2. The lowest BCUT2D eigenvalue weighted by Crippen LogP contribution is -2.50. The maximum Gasteiger partial charge on any atom is 0.239 e. The van der Waals surface area contributed by atoms with Crippen LogP contribution in [0.15, 0.2) is 30.3 Å². The maximum atomic E-state index is 12.8. The first-order valence-electron chi connectivity index (χ1n) is 10.1. The highest BCUT2D eigenvalue weighted by atomic mass is 16.5. The highest BCUT2D eigenvalue weighted by Gasteiger charge is 2.31. The van der Waals surface area contributed by atoms with Crippen LogP contribution in [0, 0.1) is 5.92 Å². The summed E-state index contributed by atoms with van der Waals surface area (Å²) < 4.78 is 5.37. The van der Waals surface area contributed by atoms with Crippen LogP contribution in [0.2, 0.25) is 0 Å². The third-order valence-corrected chi connectivity index (χ3v) is 5.69. The van der Waals surface area contributed by atoms with Gasteiger partial charge in [-0.15, -0.1) is 0 Å². The molecule has 0 bridgehead atoms. The maximum absolute atomic E-state index is 12.8. The lowest BCUT2D eigenvalue weighted by atomic mass is 9.91. The molecule has 2 saturated heterocycles. The quantitative estimate of drug-likeness (QED) is 0.847. The first-order chi connectivity index (χ1) is 13.1. The summed E-state index contributed by atoms with van der Waals surface area (Å²) >= 11 is 0. The molecular weight excluding hydrogens is 342 g/mol. The summed E-state index contributed by atoms with van der Waals surface area (Å²) in [5.74, 6) is 0.403. The van der Waals surface area contributed by atoms with E-state index in [9.17, 15) is 9.59 Å². The van der Waals surface area contributed by atoms with Crippen LogP contribution in [0.1, 0.15) is 31.2 Å². The number of carbonyl (C=O) groups is 2. The second kappa shape index (κ2) is 9.85. The van der Waals surface area contributed by atoms with Crippen molar-refractivity contribution in [2.75, 3.05) is 39.4 Å². The normalized spacial score (nSPS) is 20.2. The van der Waals surface area contributed by atoms with Crippen molar-refractivity contribution in [2.24, 2.45) is 11.7 Å². The number of benzene rings is 1. The Hall–Kier alpha value is -1.92. The Kier molecular flexibility index (Phi) is 7.24. The van der Waals surface area contributed by atoms with Gasteiger partial charge in [-0.25, -0.2) is 0 Å². The highest BCUT2D eigenvalue weighted by Crippen LogP contribution is 2.19. The Labute approximate surface area is 161 Å². The third kappa shape index (κ3) is 5.53. The minimum absolute atomic E-state index is 0.0282. The Bertz CT molecular complexity index is 616. The molecule has 2 amide bonds. The molecule has 2 heterocycles. The van der Waals surface area contributed by atoms with Crippen molar-refractivity contribution >= 4 is 11.8 Å². The van der Waals surface area contributed by atoms with Crippen molar-refractivity contribution in [3.05, 3.63) is 35.9 Å². The zero-order valence-electron chi connectivity index (χ0n) is 16.0. The summed E-state index contributed by atoms with van der Waals surface area (Å²) in [4.78, 5) is 29.1. The van der Waals surface area contributed by atoms with E-state index in [2.05, 4.69) is 0 Å². The molecule has 2 aliphatic rings. The summed E-state index contributed by atoms with van der Waals surface area (Å²) in [7, 11) is 0. The molecule has 0 radical (unpaired) electrons. The summed E-state index contributed by atoms with van der Waals surface area (Å²) in [5, 5.41) is 0. The number of ether oxygens (including phenoxy) is 1. The molecule has 0 saturated carbocycles. The molecule has 0 aromatic heterocycles. The van der Waals surface area contributed by atoms with E-state index in [0.717, 1.165) is 25.7 Å². The van der Waals surface area contributed by atoms with Crippen molar-refractivity contribution in [3.63, 3.8) is 0 Å². The van der Waals surface area contributed by atoms with Crippen LogP contribution >= 0.6 is 0 Å². The van der Waals surface area contributed by atoms with Crippen LogP contribution in [0.4, 0.5) is 0 Å². The topological polar surface area (TPSA) is 75.9 Å². The van der Waals surface area contributed by atoms with Gasteiger partial charge in [-0.2, -0.15) is 0 Å². The van der Waals surface area contributed by atoms with Gasteiger partial charge in [0.2, 0.25) is 11.8 Å². The molecule has 2 fully saturated rings. The summed E-state index contributed by atoms with van der Waals surface area (Å²) in [5.41, 5.74) is 7.43. The van der Waals surface area contributed by atoms with Gasteiger partial charge in [0.15, 0.2) is 0 Å². The molecule has 0 spiro atoms. The van der Waals surface area contributed by atoms with Crippen LogP contribution in [-0.2, 0) is 20.7 Å². The molecule has 1 aromatic carbocycles. The second-order valence-electron chi connectivity index (χ2n) is 7.52. The minimum Gasteiger partial charge on any atom is -0.381 e. The van der Waals surface area contributed by atoms with Gasteiger partial charge in [-0.3, -0.25) is 9.59 Å². The van der Waals surface area contributed by atoms with E-state index < -0.39 is 6.04 Å². The fourth-order valence-corrected chi connectivity index (χ4v) is 3.93. The molecule has 0 aliphatic carbocycles. The molecule has 3 rings (SSSR count). The highest BCUT2D eigenvalue weighted by molar-refractivity contribution is 5.82. The zero-order valence-corrected chi connectivity index (χ0v) is 16.0. The monoisotopic (exact) mass is 373 g/mol. The molecular formula is C21H31N3O3. The largest absolute Gasteiger partial charge is 0.381 e. The fraction of sp³-hybridized carbons (Fsp3) is 0.619. The van der Waals surface area contributed by atoms with Gasteiger partial charge in [0.05, 0.1) is 6.04 Å². The molecule has 27 heavy (non-hydrogen) atoms. The number of rotatable bonds is 5. The smallest absolute Gasteiger partial charge is 0.239 e. The minimum atomic E-state index is -0.450. The van der Waals surface area contributed by atoms with Gasteiger partial charge in [-0.05, 0) is 37.2 Å². The van der Waals surface area contributed by atoms with E-state index in [1.807, 2.05) is 40.1 Å². The first-order valence-corrected chi connectivity index (χ1v) is 10.1. The van der Waals surface area contributed by atoms with Crippen molar-refractivity contribution in [2.45, 2.75) is 38.1 Å². The van der Waals surface area contributed by atoms with E-state index >= 15 is 0 Å². The molecule has 2 aliphatic heterocycles. The zero-order chi connectivity index (χ0) is 19.1. The van der Waals surface area contributed by atoms with Crippen molar-refractivity contribution in [3.8, 4) is 0 Å². The standard InChI is InChI=1S/C21H31N3O3/c22-20(18-9-15-27-16-10-18)21(26)24-12-4-11-23(13-14-24)19(25)8-7-17-5-2-1-3-6-17/h1-3,5-6,18,20H,4,7-16,22H2. The number of hydrogen-bond donors (Lipinski definition) is 1. The van der Waals surface area contributed by atoms with E-state index in [0.29, 0.717) is 45.8 Å². The molecule has 148 valence electrons. The Balaban J connectivity index is 1.47. The van der Waals surface area contributed by atoms with E-state index in [1.165, 1.54) is 5.56 Å². The Morgan fingerprint density at radius 3 is 2.44 bits per heavy atom. The second-order valence-corrected chi connectivity index (χ2v) is 7.52. The van der Waals surface area contributed by atoms with Gasteiger partial charge < -0.3 is 20.3 Å². The summed E-state index contributed by atoms with van der Waals surface area (Å²) in [6.07, 6.45) is 3.78. The lowest BCUT2D eigenvalue weighted by Gasteiger charge is -2.31. The van der Waals surface area contributed by atoms with Crippen molar-refractivity contribution in [1.29, 1.82) is 0 Å². The van der Waals surface area contributed by atoms with E-state index in [1.54, 1.807) is 0 Å². The molecule has 1 aromatic rings.